The molecule has 0 unspecified atom stereocenters. The van der Waals surface area contributed by atoms with Crippen molar-refractivity contribution >= 4 is 22.7 Å². The van der Waals surface area contributed by atoms with Crippen LogP contribution in [0.25, 0.3) is 11.1 Å². The first-order valence-corrected chi connectivity index (χ1v) is 8.77. The van der Waals surface area contributed by atoms with Crippen LogP contribution in [0, 0.1) is 17.0 Å². The van der Waals surface area contributed by atoms with E-state index >= 15 is 0 Å². The molecule has 4 rings (SSSR count). The van der Waals surface area contributed by atoms with Crippen molar-refractivity contribution in [2.45, 2.75) is 44.7 Å². The number of carbonyl (C=O) groups excluding carboxylic acids is 1. The van der Waals surface area contributed by atoms with Crippen LogP contribution in [0.2, 0.25) is 0 Å². The molecule has 2 aromatic heterocycles. The molecule has 0 spiro atoms. The van der Waals surface area contributed by atoms with Gasteiger partial charge in [0.05, 0.1) is 16.5 Å². The van der Waals surface area contributed by atoms with E-state index in [1.165, 1.54) is 12.1 Å². The van der Waals surface area contributed by atoms with Gasteiger partial charge in [-0.15, -0.1) is 0 Å². The zero-order valence-corrected chi connectivity index (χ0v) is 15.0. The number of fused-ring (bicyclic) bond motifs is 1. The van der Waals surface area contributed by atoms with Crippen LogP contribution in [0.5, 0.6) is 0 Å². The van der Waals surface area contributed by atoms with Crippen molar-refractivity contribution < 1.29 is 18.7 Å². The number of nitrogens with one attached hydrogen (secondary N) is 1. The number of hydrogen-bond acceptors (Lipinski definition) is 8. The highest BCUT2D eigenvalue weighted by Gasteiger charge is 2.41. The zero-order chi connectivity index (χ0) is 19.9. The third-order valence-electron chi connectivity index (χ3n) is 4.96. The van der Waals surface area contributed by atoms with E-state index in [1.807, 2.05) is 0 Å². The number of carbonyl (C=O) groups is 1. The molecule has 3 aromatic rings. The molecule has 11 nitrogen and oxygen atoms in total. The average molecular weight is 387 g/mol. The van der Waals surface area contributed by atoms with Crippen LogP contribution in [-0.4, -0.2) is 25.5 Å². The Balaban J connectivity index is 1.60. The van der Waals surface area contributed by atoms with Crippen molar-refractivity contribution in [3.8, 4) is 0 Å². The Hall–Kier alpha value is -3.50. The molecule has 11 heteroatoms. The van der Waals surface area contributed by atoms with Gasteiger partial charge in [0.2, 0.25) is 11.8 Å². The number of rotatable bonds is 5. The second kappa shape index (κ2) is 6.59. The first kappa shape index (κ1) is 17.9. The number of aryl methyl sites for hydroxylation is 1. The van der Waals surface area contributed by atoms with Gasteiger partial charge in [-0.25, -0.2) is 4.79 Å². The van der Waals surface area contributed by atoms with Gasteiger partial charge in [-0.05, 0) is 18.9 Å². The quantitative estimate of drug-likeness (QED) is 0.515. The summed E-state index contributed by atoms with van der Waals surface area (Å²) >= 11 is 0. The molecule has 1 aliphatic rings. The van der Waals surface area contributed by atoms with Crippen LogP contribution in [0.4, 0.5) is 5.69 Å². The number of oxazole rings is 1. The van der Waals surface area contributed by atoms with Crippen LogP contribution in [0.1, 0.15) is 37.4 Å². The molecule has 28 heavy (non-hydrogen) atoms. The maximum atomic E-state index is 12.7. The Bertz CT molecular complexity index is 1120. The summed E-state index contributed by atoms with van der Waals surface area (Å²) in [6, 6.07) is 3.80. The lowest BCUT2D eigenvalue weighted by Gasteiger charge is -2.26. The lowest BCUT2D eigenvalue weighted by atomic mass is 9.96. The fourth-order valence-electron chi connectivity index (χ4n) is 3.65. The highest BCUT2D eigenvalue weighted by Crippen LogP contribution is 2.37. The molecular weight excluding hydrogens is 370 g/mol. The molecule has 146 valence electrons. The molecule has 1 saturated carbocycles. The molecule has 1 amide bonds. The van der Waals surface area contributed by atoms with E-state index in [1.54, 1.807) is 6.92 Å². The van der Waals surface area contributed by atoms with Crippen molar-refractivity contribution in [2.24, 2.45) is 0 Å². The molecule has 1 aromatic carbocycles. The Morgan fingerprint density at radius 1 is 1.39 bits per heavy atom. The van der Waals surface area contributed by atoms with Crippen LogP contribution in [0.3, 0.4) is 0 Å². The second-order valence-electron chi connectivity index (χ2n) is 6.84. The summed E-state index contributed by atoms with van der Waals surface area (Å²) in [6.45, 7) is 1.39. The highest BCUT2D eigenvalue weighted by molar-refractivity contribution is 5.81. The maximum Gasteiger partial charge on any atom is 0.420 e. The number of hydrogen-bond donors (Lipinski definition) is 1. The number of aromatic nitrogens is 3. The minimum absolute atomic E-state index is 0.0522. The smallest absolute Gasteiger partial charge is 0.407 e. The van der Waals surface area contributed by atoms with Gasteiger partial charge >= 0.3 is 5.76 Å². The van der Waals surface area contributed by atoms with Gasteiger partial charge in [0.1, 0.15) is 12.1 Å². The monoisotopic (exact) mass is 387 g/mol. The van der Waals surface area contributed by atoms with Crippen LogP contribution in [-0.2, 0) is 16.9 Å². The first-order chi connectivity index (χ1) is 13.4. The molecular formula is C17H17N5O6. The van der Waals surface area contributed by atoms with Crippen molar-refractivity contribution in [2.75, 3.05) is 0 Å². The Morgan fingerprint density at radius 3 is 2.79 bits per heavy atom. The summed E-state index contributed by atoms with van der Waals surface area (Å²) in [5.74, 6) is -0.334. The number of nitro benzene ring substituents is 1. The van der Waals surface area contributed by atoms with Crippen molar-refractivity contribution in [3.05, 3.63) is 50.6 Å². The first-order valence-electron chi connectivity index (χ1n) is 8.77. The minimum Gasteiger partial charge on any atom is -0.407 e. The summed E-state index contributed by atoms with van der Waals surface area (Å²) in [7, 11) is 0. The molecule has 1 N–H and O–H groups in total. The highest BCUT2D eigenvalue weighted by atomic mass is 16.6. The summed E-state index contributed by atoms with van der Waals surface area (Å²) < 4.78 is 11.3. The summed E-state index contributed by atoms with van der Waals surface area (Å²) in [5, 5.41) is 17.8. The van der Waals surface area contributed by atoms with E-state index in [-0.39, 0.29) is 17.8 Å². The van der Waals surface area contributed by atoms with E-state index < -0.39 is 22.1 Å². The number of non-ortho nitro benzene ring substituents is 1. The van der Waals surface area contributed by atoms with Crippen molar-refractivity contribution in [3.63, 3.8) is 0 Å². The predicted molar refractivity (Wildman–Crippen MR) is 94.5 cm³/mol. The van der Waals surface area contributed by atoms with Crippen molar-refractivity contribution in [1.82, 2.24) is 20.0 Å². The van der Waals surface area contributed by atoms with Gasteiger partial charge < -0.3 is 14.3 Å². The normalized spacial score (nSPS) is 15.8. The SMILES string of the molecule is Cc1nc(C2(NC(=O)Cn3c(=O)oc4cc([N+](=O)[O-])ccc43)CCCC2)no1. The third kappa shape index (κ3) is 3.04. The van der Waals surface area contributed by atoms with Gasteiger partial charge in [0.25, 0.3) is 5.69 Å². The average Bonchev–Trinajstić information content (AvgIpc) is 3.35. The standard InChI is InChI=1S/C17H17N5O6/c1-10-18-15(20-28-10)17(6-2-3-7-17)19-14(23)9-21-12-5-4-11(22(25)26)8-13(12)27-16(21)24/h4-5,8H,2-3,6-7,9H2,1H3,(H,19,23). The number of benzene rings is 1. The second-order valence-corrected chi connectivity index (χ2v) is 6.84. The largest absolute Gasteiger partial charge is 0.420 e. The van der Waals surface area contributed by atoms with Crippen LogP contribution >= 0.6 is 0 Å². The summed E-state index contributed by atoms with van der Waals surface area (Å²) in [6.07, 6.45) is 3.16. The van der Waals surface area contributed by atoms with Gasteiger partial charge in [0.15, 0.2) is 11.4 Å². The van der Waals surface area contributed by atoms with Gasteiger partial charge in [0, 0.05) is 13.0 Å². The minimum atomic E-state index is -0.762. The summed E-state index contributed by atoms with van der Waals surface area (Å²) in [4.78, 5) is 39.4. The third-order valence-corrected chi connectivity index (χ3v) is 4.96. The van der Waals surface area contributed by atoms with Crippen LogP contribution in [0.15, 0.2) is 31.9 Å². The van der Waals surface area contributed by atoms with Crippen LogP contribution < -0.4 is 11.1 Å². The zero-order valence-electron chi connectivity index (χ0n) is 15.0. The fraction of sp³-hybridized carbons (Fsp3) is 0.412. The lowest BCUT2D eigenvalue weighted by Crippen LogP contribution is -2.46. The van der Waals surface area contributed by atoms with E-state index in [4.69, 9.17) is 8.94 Å². The molecule has 0 atom stereocenters. The molecule has 1 aliphatic carbocycles. The fourth-order valence-corrected chi connectivity index (χ4v) is 3.65. The van der Waals surface area contributed by atoms with E-state index in [2.05, 4.69) is 15.5 Å². The molecule has 0 radical (unpaired) electrons. The Kier molecular flexibility index (Phi) is 4.21. The molecule has 0 aliphatic heterocycles. The molecule has 0 bridgehead atoms. The van der Waals surface area contributed by atoms with Gasteiger partial charge in [-0.3, -0.25) is 19.5 Å². The summed E-state index contributed by atoms with van der Waals surface area (Å²) in [5.41, 5.74) is -0.565. The molecule has 0 saturated heterocycles. The van der Waals surface area contributed by atoms with E-state index in [0.29, 0.717) is 30.1 Å². The van der Waals surface area contributed by atoms with Gasteiger partial charge in [-0.2, -0.15) is 4.98 Å². The Labute approximate surface area is 157 Å². The number of nitro groups is 1. The topological polar surface area (TPSA) is 146 Å². The lowest BCUT2D eigenvalue weighted by molar-refractivity contribution is -0.384. The number of amides is 1. The molecule has 2 heterocycles. The van der Waals surface area contributed by atoms with Gasteiger partial charge in [-0.1, -0.05) is 18.0 Å². The van der Waals surface area contributed by atoms with E-state index in [9.17, 15) is 19.7 Å². The predicted octanol–water partition coefficient (Wildman–Crippen LogP) is 1.78. The van der Waals surface area contributed by atoms with E-state index in [0.717, 1.165) is 23.5 Å². The molecule has 1 fully saturated rings. The number of nitrogens with zero attached hydrogens (tertiary/aromatic N) is 4. The Morgan fingerprint density at radius 2 is 2.14 bits per heavy atom. The van der Waals surface area contributed by atoms with Crippen molar-refractivity contribution in [1.29, 1.82) is 0 Å². The maximum absolute atomic E-state index is 12.7.